The second-order valence-corrected chi connectivity index (χ2v) is 8.39. The van der Waals surface area contributed by atoms with E-state index in [1.165, 1.54) is 0 Å². The maximum absolute atomic E-state index is 12.0. The molecule has 6 nitrogen and oxygen atoms in total. The number of carboxylic acid groups (broad SMARTS) is 1. The fraction of sp³-hybridized carbons (Fsp3) is 0.174. The first-order valence-electron chi connectivity index (χ1n) is 9.73. The SMILES string of the molecule is CCc1nnc(S/C(=C\c2c(C)n(Cc3ccc(Cl)cc3)c3ccccc23)C(=O)O)o1. The molecule has 0 saturated carbocycles. The van der Waals surface area contributed by atoms with Crippen molar-refractivity contribution in [1.82, 2.24) is 14.8 Å². The fourth-order valence-electron chi connectivity index (χ4n) is 3.40. The van der Waals surface area contributed by atoms with Gasteiger partial charge in [-0.05, 0) is 48.5 Å². The number of aromatic nitrogens is 3. The van der Waals surface area contributed by atoms with E-state index in [2.05, 4.69) is 14.8 Å². The molecule has 158 valence electrons. The average molecular weight is 454 g/mol. The van der Waals surface area contributed by atoms with Gasteiger partial charge in [0, 0.05) is 40.1 Å². The molecule has 0 aliphatic carbocycles. The molecule has 0 fully saturated rings. The number of benzene rings is 2. The molecule has 1 N–H and O–H groups in total. The summed E-state index contributed by atoms with van der Waals surface area (Å²) in [4.78, 5) is 12.1. The monoisotopic (exact) mass is 453 g/mol. The fourth-order valence-corrected chi connectivity index (χ4v) is 4.20. The molecule has 0 saturated heterocycles. The topological polar surface area (TPSA) is 81.2 Å². The predicted octanol–water partition coefficient (Wildman–Crippen LogP) is 5.81. The quantitative estimate of drug-likeness (QED) is 0.280. The van der Waals surface area contributed by atoms with E-state index in [0.717, 1.165) is 39.5 Å². The van der Waals surface area contributed by atoms with E-state index in [4.69, 9.17) is 16.0 Å². The maximum Gasteiger partial charge on any atom is 0.342 e. The molecule has 0 aliphatic rings. The number of hydrogen-bond acceptors (Lipinski definition) is 5. The van der Waals surface area contributed by atoms with Crippen molar-refractivity contribution >= 4 is 46.3 Å². The van der Waals surface area contributed by atoms with E-state index in [1.807, 2.05) is 62.4 Å². The van der Waals surface area contributed by atoms with Gasteiger partial charge in [0.05, 0.1) is 0 Å². The lowest BCUT2D eigenvalue weighted by atomic mass is 10.1. The third kappa shape index (κ3) is 4.52. The van der Waals surface area contributed by atoms with E-state index in [-0.39, 0.29) is 10.1 Å². The van der Waals surface area contributed by atoms with Crippen LogP contribution >= 0.6 is 23.4 Å². The Labute approximate surface area is 188 Å². The highest BCUT2D eigenvalue weighted by molar-refractivity contribution is 8.03. The Bertz CT molecular complexity index is 1280. The average Bonchev–Trinajstić information content (AvgIpc) is 3.33. The molecule has 0 atom stereocenters. The van der Waals surface area contributed by atoms with Crippen molar-refractivity contribution in [2.24, 2.45) is 0 Å². The van der Waals surface area contributed by atoms with Crippen LogP contribution < -0.4 is 0 Å². The van der Waals surface area contributed by atoms with Crippen LogP contribution in [0.15, 0.2) is 63.1 Å². The van der Waals surface area contributed by atoms with Gasteiger partial charge in [0.2, 0.25) is 5.89 Å². The minimum Gasteiger partial charge on any atom is -0.477 e. The van der Waals surface area contributed by atoms with Crippen molar-refractivity contribution in [1.29, 1.82) is 0 Å². The number of rotatable bonds is 7. The first kappa shape index (κ1) is 21.2. The Morgan fingerprint density at radius 2 is 1.94 bits per heavy atom. The number of carbonyl (C=O) groups is 1. The summed E-state index contributed by atoms with van der Waals surface area (Å²) >= 11 is 6.98. The molecule has 4 aromatic rings. The molecule has 0 bridgehead atoms. The largest absolute Gasteiger partial charge is 0.477 e. The number of nitrogens with zero attached hydrogens (tertiary/aromatic N) is 3. The van der Waals surface area contributed by atoms with Crippen molar-refractivity contribution in [3.05, 3.63) is 81.2 Å². The molecule has 0 amide bonds. The van der Waals surface area contributed by atoms with Crippen molar-refractivity contribution in [2.45, 2.75) is 32.0 Å². The number of aliphatic carboxylic acids is 1. The number of fused-ring (bicyclic) bond motifs is 1. The van der Waals surface area contributed by atoms with Crippen LogP contribution in [0.5, 0.6) is 0 Å². The number of halogens is 1. The highest BCUT2D eigenvalue weighted by Crippen LogP contribution is 2.33. The van der Waals surface area contributed by atoms with E-state index in [9.17, 15) is 9.90 Å². The van der Waals surface area contributed by atoms with Crippen LogP contribution in [0.4, 0.5) is 0 Å². The van der Waals surface area contributed by atoms with Crippen LogP contribution in [0, 0.1) is 6.92 Å². The summed E-state index contributed by atoms with van der Waals surface area (Å²) in [7, 11) is 0. The van der Waals surface area contributed by atoms with Gasteiger partial charge in [-0.3, -0.25) is 0 Å². The number of hydrogen-bond donors (Lipinski definition) is 1. The van der Waals surface area contributed by atoms with E-state index in [1.54, 1.807) is 6.08 Å². The van der Waals surface area contributed by atoms with Crippen LogP contribution in [0.25, 0.3) is 17.0 Å². The Balaban J connectivity index is 1.77. The molecule has 31 heavy (non-hydrogen) atoms. The third-order valence-electron chi connectivity index (χ3n) is 4.97. The van der Waals surface area contributed by atoms with E-state index in [0.29, 0.717) is 23.9 Å². The zero-order valence-corrected chi connectivity index (χ0v) is 18.6. The number of thioether (sulfide) groups is 1. The zero-order chi connectivity index (χ0) is 22.0. The van der Waals surface area contributed by atoms with Gasteiger partial charge in [0.25, 0.3) is 5.22 Å². The number of aryl methyl sites for hydroxylation is 1. The Hall–Kier alpha value is -3.03. The van der Waals surface area contributed by atoms with E-state index < -0.39 is 5.97 Å². The maximum atomic E-state index is 12.0. The second kappa shape index (κ2) is 8.99. The number of carboxylic acids is 1. The first-order valence-corrected chi connectivity index (χ1v) is 10.9. The summed E-state index contributed by atoms with van der Waals surface area (Å²) in [5.74, 6) is -0.571. The summed E-state index contributed by atoms with van der Waals surface area (Å²) in [5, 5.41) is 19.5. The molecule has 0 aliphatic heterocycles. The molecule has 4 rings (SSSR count). The molecule has 2 heterocycles. The van der Waals surface area contributed by atoms with Gasteiger partial charge in [0.1, 0.15) is 4.91 Å². The van der Waals surface area contributed by atoms with Gasteiger partial charge < -0.3 is 14.1 Å². The van der Waals surface area contributed by atoms with Gasteiger partial charge in [-0.1, -0.05) is 48.9 Å². The Kier molecular flexibility index (Phi) is 6.15. The van der Waals surface area contributed by atoms with Crippen molar-refractivity contribution < 1.29 is 14.3 Å². The van der Waals surface area contributed by atoms with Gasteiger partial charge in [0.15, 0.2) is 0 Å². The summed E-state index contributed by atoms with van der Waals surface area (Å²) in [6.07, 6.45) is 2.27. The summed E-state index contributed by atoms with van der Waals surface area (Å²) in [6, 6.07) is 15.7. The lowest BCUT2D eigenvalue weighted by Crippen LogP contribution is -2.02. The minimum absolute atomic E-state index is 0.115. The molecule has 2 aromatic heterocycles. The third-order valence-corrected chi connectivity index (χ3v) is 6.07. The van der Waals surface area contributed by atoms with Gasteiger partial charge in [-0.15, -0.1) is 10.2 Å². The molecule has 0 spiro atoms. The molecular weight excluding hydrogens is 434 g/mol. The minimum atomic E-state index is -1.05. The Morgan fingerprint density at radius 1 is 1.19 bits per heavy atom. The smallest absolute Gasteiger partial charge is 0.342 e. The van der Waals surface area contributed by atoms with Crippen LogP contribution in [0.3, 0.4) is 0 Å². The standard InChI is InChI=1S/C23H20ClN3O3S/c1-3-21-25-26-23(30-21)31-20(22(28)29)12-18-14(2)27(19-7-5-4-6-17(18)19)13-15-8-10-16(24)11-9-15/h4-12H,3,13H2,1-2H3,(H,28,29)/b20-12-. The van der Waals surface area contributed by atoms with Crippen LogP contribution in [-0.4, -0.2) is 25.8 Å². The van der Waals surface area contributed by atoms with Crippen LogP contribution in [0.2, 0.25) is 5.02 Å². The predicted molar refractivity (Wildman–Crippen MR) is 122 cm³/mol. The summed E-state index contributed by atoms with van der Waals surface area (Å²) in [6.45, 7) is 4.54. The van der Waals surface area contributed by atoms with E-state index >= 15 is 0 Å². The normalized spacial score (nSPS) is 11.9. The highest BCUT2D eigenvalue weighted by Gasteiger charge is 2.18. The van der Waals surface area contributed by atoms with Crippen molar-refractivity contribution in [3.63, 3.8) is 0 Å². The molecule has 0 radical (unpaired) electrons. The van der Waals surface area contributed by atoms with Crippen LogP contribution in [0.1, 0.15) is 29.6 Å². The summed E-state index contributed by atoms with van der Waals surface area (Å²) in [5.41, 5.74) is 3.96. The molecule has 0 unspecified atom stereocenters. The van der Waals surface area contributed by atoms with Crippen LogP contribution in [-0.2, 0) is 17.8 Å². The summed E-state index contributed by atoms with van der Waals surface area (Å²) < 4.78 is 7.66. The molecule has 8 heteroatoms. The number of para-hydroxylation sites is 1. The van der Waals surface area contributed by atoms with Gasteiger partial charge >= 0.3 is 5.97 Å². The molecule has 2 aromatic carbocycles. The van der Waals surface area contributed by atoms with Crippen molar-refractivity contribution in [3.8, 4) is 0 Å². The lowest BCUT2D eigenvalue weighted by Gasteiger charge is -2.09. The van der Waals surface area contributed by atoms with Crippen molar-refractivity contribution in [2.75, 3.05) is 0 Å². The Morgan fingerprint density at radius 3 is 2.61 bits per heavy atom. The van der Waals surface area contributed by atoms with Gasteiger partial charge in [-0.25, -0.2) is 4.79 Å². The first-order chi connectivity index (χ1) is 15.0. The highest BCUT2D eigenvalue weighted by atomic mass is 35.5. The second-order valence-electron chi connectivity index (χ2n) is 6.96. The zero-order valence-electron chi connectivity index (χ0n) is 17.0. The molecular formula is C23H20ClN3O3S. The lowest BCUT2D eigenvalue weighted by molar-refractivity contribution is -0.131. The van der Waals surface area contributed by atoms with Gasteiger partial charge in [-0.2, -0.15) is 0 Å².